The van der Waals surface area contributed by atoms with Gasteiger partial charge in [-0.15, -0.1) is 0 Å². The van der Waals surface area contributed by atoms with Crippen LogP contribution in [0.3, 0.4) is 0 Å². The van der Waals surface area contributed by atoms with Crippen LogP contribution in [0.25, 0.3) is 0 Å². The summed E-state index contributed by atoms with van der Waals surface area (Å²) in [7, 11) is -3.87. The summed E-state index contributed by atoms with van der Waals surface area (Å²) in [6.45, 7) is 5.62. The van der Waals surface area contributed by atoms with Gasteiger partial charge in [0.1, 0.15) is 4.90 Å². The average Bonchev–Trinajstić information content (AvgIpc) is 2.55. The third kappa shape index (κ3) is 4.57. The molecule has 5 nitrogen and oxygen atoms in total. The maximum absolute atomic E-state index is 13.0. The maximum Gasteiger partial charge on any atom is 0.259 e. The maximum atomic E-state index is 13.0. The molecule has 1 amide bonds. The van der Waals surface area contributed by atoms with Crippen LogP contribution in [-0.4, -0.2) is 26.9 Å². The van der Waals surface area contributed by atoms with Crippen molar-refractivity contribution in [2.24, 2.45) is 0 Å². The first-order chi connectivity index (χ1) is 12.2. The molecule has 0 saturated heterocycles. The van der Waals surface area contributed by atoms with E-state index in [1.54, 1.807) is 26.0 Å². The number of anilines is 1. The highest BCUT2D eigenvalue weighted by molar-refractivity contribution is 7.89. The first-order valence-corrected chi connectivity index (χ1v) is 10.3. The second kappa shape index (κ2) is 8.39. The Hall–Kier alpha value is -1.60. The average molecular weight is 415 g/mol. The Kier molecular flexibility index (Phi) is 6.69. The Bertz CT molecular complexity index is 900. The fourth-order valence-electron chi connectivity index (χ4n) is 2.47. The van der Waals surface area contributed by atoms with Gasteiger partial charge in [-0.2, -0.15) is 0 Å². The Morgan fingerprint density at radius 2 is 1.73 bits per heavy atom. The van der Waals surface area contributed by atoms with Crippen LogP contribution < -0.4 is 9.62 Å². The molecule has 0 fully saturated rings. The van der Waals surface area contributed by atoms with Crippen LogP contribution in [0.15, 0.2) is 47.4 Å². The van der Waals surface area contributed by atoms with Crippen LogP contribution in [0.5, 0.6) is 0 Å². The number of hydrogen-bond donors (Lipinski definition) is 1. The van der Waals surface area contributed by atoms with E-state index in [0.717, 1.165) is 0 Å². The number of carbonyl (C=O) groups is 1. The van der Waals surface area contributed by atoms with E-state index in [4.69, 9.17) is 23.2 Å². The third-order valence-electron chi connectivity index (χ3n) is 3.56. The van der Waals surface area contributed by atoms with E-state index in [1.165, 1.54) is 17.0 Å². The predicted molar refractivity (Wildman–Crippen MR) is 106 cm³/mol. The minimum absolute atomic E-state index is 0.0394. The summed E-state index contributed by atoms with van der Waals surface area (Å²) in [4.78, 5) is 14.3. The van der Waals surface area contributed by atoms with Crippen LogP contribution in [0.2, 0.25) is 10.0 Å². The van der Waals surface area contributed by atoms with Crippen molar-refractivity contribution in [2.75, 3.05) is 11.4 Å². The summed E-state index contributed by atoms with van der Waals surface area (Å²) in [6.07, 6.45) is 0. The third-order valence-corrected chi connectivity index (χ3v) is 6.00. The van der Waals surface area contributed by atoms with Gasteiger partial charge in [0, 0.05) is 18.3 Å². The molecule has 26 heavy (non-hydrogen) atoms. The van der Waals surface area contributed by atoms with E-state index in [0.29, 0.717) is 12.2 Å². The van der Waals surface area contributed by atoms with Gasteiger partial charge in [0.2, 0.25) is 10.0 Å². The van der Waals surface area contributed by atoms with Crippen molar-refractivity contribution < 1.29 is 13.2 Å². The van der Waals surface area contributed by atoms with Crippen molar-refractivity contribution in [3.05, 3.63) is 58.1 Å². The van der Waals surface area contributed by atoms with Gasteiger partial charge in [-0.05, 0) is 45.0 Å². The number of para-hydroxylation sites is 1. The molecular formula is C18H20Cl2N2O3S. The first-order valence-electron chi connectivity index (χ1n) is 8.05. The number of hydrogen-bond acceptors (Lipinski definition) is 3. The van der Waals surface area contributed by atoms with E-state index >= 15 is 0 Å². The lowest BCUT2D eigenvalue weighted by molar-refractivity contribution is 0.0988. The fraction of sp³-hybridized carbons (Fsp3) is 0.278. The number of amides is 1. The highest BCUT2D eigenvalue weighted by Crippen LogP contribution is 2.30. The molecule has 0 saturated carbocycles. The molecule has 0 spiro atoms. The van der Waals surface area contributed by atoms with Gasteiger partial charge in [-0.25, -0.2) is 13.1 Å². The lowest BCUT2D eigenvalue weighted by Gasteiger charge is -2.22. The molecule has 0 aliphatic rings. The Morgan fingerprint density at radius 3 is 2.27 bits per heavy atom. The van der Waals surface area contributed by atoms with Gasteiger partial charge >= 0.3 is 0 Å². The number of nitrogens with zero attached hydrogens (tertiary/aromatic N) is 1. The summed E-state index contributed by atoms with van der Waals surface area (Å²) in [6, 6.07) is 11.3. The van der Waals surface area contributed by atoms with Gasteiger partial charge in [0.15, 0.2) is 0 Å². The van der Waals surface area contributed by atoms with E-state index in [9.17, 15) is 13.2 Å². The summed E-state index contributed by atoms with van der Waals surface area (Å²) < 4.78 is 27.4. The van der Waals surface area contributed by atoms with Crippen LogP contribution in [-0.2, 0) is 10.0 Å². The molecule has 8 heteroatoms. The zero-order valence-corrected chi connectivity index (χ0v) is 17.0. The summed E-state index contributed by atoms with van der Waals surface area (Å²) in [5.41, 5.74) is 0.765. The molecule has 140 valence electrons. The molecule has 2 aromatic carbocycles. The van der Waals surface area contributed by atoms with E-state index < -0.39 is 15.9 Å². The number of carbonyl (C=O) groups excluding carboxylic acids is 1. The molecule has 0 bridgehead atoms. The van der Waals surface area contributed by atoms with Crippen molar-refractivity contribution in [3.8, 4) is 0 Å². The van der Waals surface area contributed by atoms with Gasteiger partial charge in [-0.1, -0.05) is 41.4 Å². The Balaban J connectivity index is 2.52. The van der Waals surface area contributed by atoms with E-state index in [-0.39, 0.29) is 26.5 Å². The first kappa shape index (κ1) is 20.7. The van der Waals surface area contributed by atoms with Gasteiger partial charge < -0.3 is 4.90 Å². The standard InChI is InChI=1S/C18H20Cl2N2O3S/c1-4-22(13-8-6-5-7-9-13)18(23)14-10-17(16(20)11-15(14)19)26(24,25)21-12(2)3/h5-12,21H,4H2,1-3H3. The van der Waals surface area contributed by atoms with E-state index in [2.05, 4.69) is 4.72 Å². The van der Waals surface area contributed by atoms with Gasteiger partial charge in [0.25, 0.3) is 5.91 Å². The lowest BCUT2D eigenvalue weighted by Crippen LogP contribution is -2.32. The zero-order valence-electron chi connectivity index (χ0n) is 14.7. The fourth-order valence-corrected chi connectivity index (χ4v) is 4.57. The van der Waals surface area contributed by atoms with Crippen LogP contribution in [0.4, 0.5) is 5.69 Å². The topological polar surface area (TPSA) is 66.5 Å². The smallest absolute Gasteiger partial charge is 0.259 e. The summed E-state index contributed by atoms with van der Waals surface area (Å²) in [5.74, 6) is -0.402. The molecule has 0 radical (unpaired) electrons. The van der Waals surface area contributed by atoms with Crippen LogP contribution >= 0.6 is 23.2 Å². The van der Waals surface area contributed by atoms with Crippen LogP contribution in [0, 0.1) is 0 Å². The second-order valence-electron chi connectivity index (χ2n) is 5.92. The Labute approximate surface area is 164 Å². The molecule has 0 atom stereocenters. The largest absolute Gasteiger partial charge is 0.309 e. The van der Waals surface area contributed by atoms with Crippen molar-refractivity contribution in [1.82, 2.24) is 4.72 Å². The number of sulfonamides is 1. The molecule has 0 heterocycles. The van der Waals surface area contributed by atoms with Crippen LogP contribution in [0.1, 0.15) is 31.1 Å². The predicted octanol–water partition coefficient (Wildman–Crippen LogP) is 4.35. The highest BCUT2D eigenvalue weighted by atomic mass is 35.5. The van der Waals surface area contributed by atoms with Crippen molar-refractivity contribution in [3.63, 3.8) is 0 Å². The zero-order chi connectivity index (χ0) is 19.5. The molecule has 2 rings (SSSR count). The normalized spacial score (nSPS) is 11.6. The number of nitrogens with one attached hydrogen (secondary N) is 1. The molecule has 0 unspecified atom stereocenters. The number of halogens is 2. The summed E-state index contributed by atoms with van der Waals surface area (Å²) in [5, 5.41) is 0.0559. The van der Waals surface area contributed by atoms with Crippen molar-refractivity contribution in [1.29, 1.82) is 0 Å². The SMILES string of the molecule is CCN(C(=O)c1cc(S(=O)(=O)NC(C)C)c(Cl)cc1Cl)c1ccccc1. The number of benzene rings is 2. The monoisotopic (exact) mass is 414 g/mol. The van der Waals surface area contributed by atoms with Gasteiger partial charge in [-0.3, -0.25) is 4.79 Å². The van der Waals surface area contributed by atoms with Crippen molar-refractivity contribution in [2.45, 2.75) is 31.7 Å². The molecule has 0 aromatic heterocycles. The van der Waals surface area contributed by atoms with E-state index in [1.807, 2.05) is 25.1 Å². The number of rotatable bonds is 6. The molecule has 0 aliphatic heterocycles. The Morgan fingerprint density at radius 1 is 1.12 bits per heavy atom. The minimum Gasteiger partial charge on any atom is -0.309 e. The summed E-state index contributed by atoms with van der Waals surface area (Å²) >= 11 is 12.3. The quantitative estimate of drug-likeness (QED) is 0.763. The second-order valence-corrected chi connectivity index (χ2v) is 8.42. The van der Waals surface area contributed by atoms with Crippen molar-refractivity contribution >= 4 is 44.8 Å². The molecular weight excluding hydrogens is 395 g/mol. The highest BCUT2D eigenvalue weighted by Gasteiger charge is 2.25. The molecule has 0 aliphatic carbocycles. The van der Waals surface area contributed by atoms with Gasteiger partial charge in [0.05, 0.1) is 15.6 Å². The molecule has 2 aromatic rings. The lowest BCUT2D eigenvalue weighted by atomic mass is 10.1. The molecule has 1 N–H and O–H groups in total. The minimum atomic E-state index is -3.87.